The van der Waals surface area contributed by atoms with Crippen LogP contribution < -0.4 is 5.73 Å². The van der Waals surface area contributed by atoms with Gasteiger partial charge < -0.3 is 10.6 Å². The van der Waals surface area contributed by atoms with Gasteiger partial charge in [-0.05, 0) is 49.8 Å². The van der Waals surface area contributed by atoms with Crippen LogP contribution in [-0.2, 0) is 10.3 Å². The van der Waals surface area contributed by atoms with E-state index in [4.69, 9.17) is 17.3 Å². The number of halogens is 1. The molecule has 2 aromatic rings. The Morgan fingerprint density at radius 3 is 2.22 bits per heavy atom. The van der Waals surface area contributed by atoms with Crippen LogP contribution in [0.1, 0.15) is 80.1 Å². The fraction of sp³-hybridized carbons (Fsp3) is 0.520. The van der Waals surface area contributed by atoms with Crippen LogP contribution in [0.15, 0.2) is 42.9 Å². The minimum atomic E-state index is -1.24. The fourth-order valence-corrected chi connectivity index (χ4v) is 5.85. The molecule has 32 heavy (non-hydrogen) atoms. The molecule has 0 radical (unpaired) electrons. The van der Waals surface area contributed by atoms with E-state index in [2.05, 4.69) is 9.97 Å². The second-order valence-corrected chi connectivity index (χ2v) is 9.43. The highest BCUT2D eigenvalue weighted by Gasteiger charge is 2.55. The Bertz CT molecular complexity index is 925. The van der Waals surface area contributed by atoms with Crippen LogP contribution >= 0.6 is 11.6 Å². The monoisotopic (exact) mass is 454 g/mol. The highest BCUT2D eigenvalue weighted by Crippen LogP contribution is 2.46. The Balaban J connectivity index is 1.92. The molecule has 2 heterocycles. The maximum absolute atomic E-state index is 14.1. The summed E-state index contributed by atoms with van der Waals surface area (Å²) in [6.45, 7) is 0. The Kier molecular flexibility index (Phi) is 7.09. The first-order valence-electron chi connectivity index (χ1n) is 11.7. The maximum atomic E-state index is 14.1. The topological polar surface area (TPSA) is 89.2 Å². The summed E-state index contributed by atoms with van der Waals surface area (Å²) in [5, 5.41) is 0.325. The molecule has 7 heteroatoms. The summed E-state index contributed by atoms with van der Waals surface area (Å²) >= 11 is 5.98. The van der Waals surface area contributed by atoms with Gasteiger partial charge in [0.05, 0.1) is 5.56 Å². The lowest BCUT2D eigenvalue weighted by Gasteiger charge is -2.52. The minimum absolute atomic E-state index is 0.0518. The molecule has 4 rings (SSSR count). The molecule has 1 atom stereocenters. The van der Waals surface area contributed by atoms with Crippen molar-refractivity contribution >= 4 is 23.4 Å². The van der Waals surface area contributed by atoms with E-state index in [1.165, 1.54) is 6.20 Å². The minimum Gasteiger partial charge on any atom is -0.367 e. The smallest absolute Gasteiger partial charge is 0.256 e. The molecule has 2 saturated carbocycles. The molecule has 0 spiro atoms. The molecule has 2 fully saturated rings. The fourth-order valence-electron chi connectivity index (χ4n) is 5.74. The van der Waals surface area contributed by atoms with Crippen molar-refractivity contribution in [2.45, 2.75) is 75.8 Å². The number of hydrogen-bond acceptors (Lipinski definition) is 4. The quantitative estimate of drug-likeness (QED) is 0.630. The molecule has 2 aliphatic rings. The zero-order chi connectivity index (χ0) is 22.6. The molecule has 2 N–H and O–H groups in total. The van der Waals surface area contributed by atoms with Gasteiger partial charge in [0.2, 0.25) is 5.91 Å². The van der Waals surface area contributed by atoms with Gasteiger partial charge in [-0.1, -0.05) is 56.2 Å². The number of hydrogen-bond donors (Lipinski definition) is 1. The van der Waals surface area contributed by atoms with Gasteiger partial charge in [0.15, 0.2) is 5.54 Å². The summed E-state index contributed by atoms with van der Waals surface area (Å²) in [6.07, 6.45) is 14.7. The van der Waals surface area contributed by atoms with E-state index in [9.17, 15) is 9.59 Å². The third-order valence-corrected chi connectivity index (χ3v) is 7.41. The lowest BCUT2D eigenvalue weighted by Crippen LogP contribution is -2.64. The number of rotatable bonds is 6. The Hall–Kier alpha value is -2.47. The van der Waals surface area contributed by atoms with E-state index in [1.807, 2.05) is 17.0 Å². The van der Waals surface area contributed by atoms with Crippen LogP contribution in [0, 0.1) is 5.92 Å². The number of nitrogens with zero attached hydrogens (tertiary/aromatic N) is 3. The van der Waals surface area contributed by atoms with Gasteiger partial charge in [-0.25, -0.2) is 4.98 Å². The van der Waals surface area contributed by atoms with Crippen LogP contribution in [0.25, 0.3) is 0 Å². The van der Waals surface area contributed by atoms with E-state index in [0.717, 1.165) is 64.2 Å². The largest absolute Gasteiger partial charge is 0.367 e. The molecule has 6 nitrogen and oxygen atoms in total. The molecular formula is C25H31ClN4O2. The van der Waals surface area contributed by atoms with Gasteiger partial charge in [-0.3, -0.25) is 14.6 Å². The first-order chi connectivity index (χ1) is 15.5. The summed E-state index contributed by atoms with van der Waals surface area (Å²) < 4.78 is 0. The van der Waals surface area contributed by atoms with Crippen molar-refractivity contribution in [3.63, 3.8) is 0 Å². The van der Waals surface area contributed by atoms with E-state index in [1.54, 1.807) is 24.5 Å². The average molecular weight is 455 g/mol. The summed E-state index contributed by atoms with van der Waals surface area (Å²) in [7, 11) is 0. The molecule has 0 bridgehead atoms. The molecule has 0 aromatic carbocycles. The Morgan fingerprint density at radius 1 is 0.969 bits per heavy atom. The van der Waals surface area contributed by atoms with Crippen LogP contribution in [0.2, 0.25) is 5.15 Å². The number of pyridine rings is 2. The zero-order valence-corrected chi connectivity index (χ0v) is 19.1. The first kappa shape index (κ1) is 22.7. The molecule has 0 aliphatic heterocycles. The third-order valence-electron chi connectivity index (χ3n) is 7.19. The van der Waals surface area contributed by atoms with Crippen molar-refractivity contribution in [2.75, 3.05) is 0 Å². The molecule has 2 aliphatic carbocycles. The van der Waals surface area contributed by atoms with Crippen molar-refractivity contribution in [3.8, 4) is 0 Å². The predicted molar refractivity (Wildman–Crippen MR) is 124 cm³/mol. The first-order valence-corrected chi connectivity index (χ1v) is 12.1. The van der Waals surface area contributed by atoms with Crippen molar-refractivity contribution in [3.05, 3.63) is 59.1 Å². The van der Waals surface area contributed by atoms with E-state index >= 15 is 0 Å². The van der Waals surface area contributed by atoms with Gasteiger partial charge in [0.1, 0.15) is 5.15 Å². The molecule has 2 amide bonds. The van der Waals surface area contributed by atoms with E-state index in [0.29, 0.717) is 16.3 Å². The molecule has 1 unspecified atom stereocenters. The number of nitrogens with two attached hydrogens (primary N) is 1. The van der Waals surface area contributed by atoms with Crippen LogP contribution in [0.4, 0.5) is 0 Å². The number of aromatic nitrogens is 2. The third kappa shape index (κ3) is 4.25. The summed E-state index contributed by atoms with van der Waals surface area (Å²) in [6, 6.07) is 6.95. The molecular weight excluding hydrogens is 424 g/mol. The molecule has 2 aromatic heterocycles. The molecule has 0 saturated heterocycles. The number of carbonyl (C=O) groups is 2. The molecule has 170 valence electrons. The van der Waals surface area contributed by atoms with Crippen LogP contribution in [0.5, 0.6) is 0 Å². The van der Waals surface area contributed by atoms with Gasteiger partial charge >= 0.3 is 0 Å². The van der Waals surface area contributed by atoms with E-state index < -0.39 is 11.4 Å². The summed E-state index contributed by atoms with van der Waals surface area (Å²) in [4.78, 5) is 38.0. The second-order valence-electron chi connectivity index (χ2n) is 9.04. The summed E-state index contributed by atoms with van der Waals surface area (Å²) in [5.41, 5.74) is 6.17. The SMILES string of the molecule is NC(=O)C(c1cccnc1)(C1CCCCC1)N(C(=O)c1ccc(Cl)nc1)C1CCCCC1. The van der Waals surface area contributed by atoms with Gasteiger partial charge in [-0.2, -0.15) is 0 Å². The zero-order valence-electron chi connectivity index (χ0n) is 18.4. The number of primary amides is 1. The van der Waals surface area contributed by atoms with Gasteiger partial charge in [0.25, 0.3) is 5.91 Å². The van der Waals surface area contributed by atoms with Gasteiger partial charge in [0, 0.05) is 30.2 Å². The highest BCUT2D eigenvalue weighted by atomic mass is 35.5. The van der Waals surface area contributed by atoms with Gasteiger partial charge in [-0.15, -0.1) is 0 Å². The normalized spacial score (nSPS) is 19.8. The number of amides is 2. The standard InChI is InChI=1S/C25H31ClN4O2/c26-22-14-13-18(16-29-22)23(31)30(21-11-5-2-6-12-21)25(24(27)32,19-8-3-1-4-9-19)20-10-7-15-28-17-20/h7,10,13-17,19,21H,1-6,8-9,11-12H2,(H2,27,32). The number of carbonyl (C=O) groups excluding carboxylic acids is 2. The van der Waals surface area contributed by atoms with Crippen molar-refractivity contribution in [2.24, 2.45) is 11.7 Å². The van der Waals surface area contributed by atoms with Crippen molar-refractivity contribution < 1.29 is 9.59 Å². The van der Waals surface area contributed by atoms with E-state index in [-0.39, 0.29) is 17.9 Å². The highest BCUT2D eigenvalue weighted by molar-refractivity contribution is 6.29. The van der Waals surface area contributed by atoms with Crippen molar-refractivity contribution in [1.29, 1.82) is 0 Å². The van der Waals surface area contributed by atoms with Crippen LogP contribution in [0.3, 0.4) is 0 Å². The summed E-state index contributed by atoms with van der Waals surface area (Å²) in [5.74, 6) is -0.739. The maximum Gasteiger partial charge on any atom is 0.256 e. The van der Waals surface area contributed by atoms with Crippen LogP contribution in [-0.4, -0.2) is 32.7 Å². The predicted octanol–water partition coefficient (Wildman–Crippen LogP) is 4.87. The lowest BCUT2D eigenvalue weighted by molar-refractivity contribution is -0.137. The lowest BCUT2D eigenvalue weighted by atomic mass is 9.68. The Labute approximate surface area is 194 Å². The Morgan fingerprint density at radius 2 is 1.66 bits per heavy atom. The van der Waals surface area contributed by atoms with Crippen molar-refractivity contribution in [1.82, 2.24) is 14.9 Å². The average Bonchev–Trinajstić information content (AvgIpc) is 2.84. The second kappa shape index (κ2) is 9.99.